The first kappa shape index (κ1) is 13.4. The van der Waals surface area contributed by atoms with E-state index in [0.717, 1.165) is 24.2 Å². The summed E-state index contributed by atoms with van der Waals surface area (Å²) >= 11 is 13.7. The van der Waals surface area contributed by atoms with Gasteiger partial charge in [0.1, 0.15) is 0 Å². The molecule has 1 aliphatic rings. The second-order valence-corrected chi connectivity index (χ2v) is 6.51. The predicted molar refractivity (Wildman–Crippen MR) is 82.3 cm³/mol. The maximum atomic E-state index is 6.04. The van der Waals surface area contributed by atoms with E-state index in [1.165, 1.54) is 17.8 Å². The van der Waals surface area contributed by atoms with Gasteiger partial charge in [0.05, 0.1) is 20.7 Å². The Morgan fingerprint density at radius 3 is 2.95 bits per heavy atom. The molecule has 2 heterocycles. The monoisotopic (exact) mass is 312 g/mol. The predicted octanol–water partition coefficient (Wildman–Crippen LogP) is 4.41. The molecule has 1 atom stereocenters. The highest BCUT2D eigenvalue weighted by Gasteiger charge is 2.16. The van der Waals surface area contributed by atoms with E-state index in [1.807, 2.05) is 18.2 Å². The van der Waals surface area contributed by atoms with Crippen LogP contribution in [0.5, 0.6) is 0 Å². The van der Waals surface area contributed by atoms with Gasteiger partial charge in [-0.3, -0.25) is 0 Å². The fraction of sp³-hybridized carbons (Fsp3) is 0.357. The zero-order valence-electron chi connectivity index (χ0n) is 10.3. The molecule has 2 nitrogen and oxygen atoms in total. The summed E-state index contributed by atoms with van der Waals surface area (Å²) in [5, 5.41) is 7.92. The number of aromatic nitrogens is 1. The number of benzene rings is 1. The molecule has 1 aromatic heterocycles. The lowest BCUT2D eigenvalue weighted by Gasteiger charge is -2.06. The van der Waals surface area contributed by atoms with Crippen LogP contribution in [-0.4, -0.2) is 17.6 Å². The van der Waals surface area contributed by atoms with Gasteiger partial charge < -0.3 is 5.32 Å². The maximum absolute atomic E-state index is 6.04. The standard InChI is InChI=1S/C14H14Cl2N2S/c15-11-4-3-9(6-12(11)16)13-8-19-14(18-13)7-10-2-1-5-17-10/h3-4,6,8,10,17H,1-2,5,7H2. The van der Waals surface area contributed by atoms with Crippen LogP contribution in [0.4, 0.5) is 0 Å². The molecule has 1 unspecified atom stereocenters. The lowest BCUT2D eigenvalue weighted by molar-refractivity contribution is 0.601. The molecule has 0 amide bonds. The highest BCUT2D eigenvalue weighted by atomic mass is 35.5. The molecule has 3 rings (SSSR count). The second kappa shape index (κ2) is 5.80. The summed E-state index contributed by atoms with van der Waals surface area (Å²) < 4.78 is 0. The van der Waals surface area contributed by atoms with Crippen molar-refractivity contribution < 1.29 is 0 Å². The van der Waals surface area contributed by atoms with Gasteiger partial charge in [-0.1, -0.05) is 29.3 Å². The van der Waals surface area contributed by atoms with Crippen LogP contribution in [0.25, 0.3) is 11.3 Å². The van der Waals surface area contributed by atoms with Gasteiger partial charge in [-0.2, -0.15) is 0 Å². The number of halogens is 2. The molecule has 5 heteroatoms. The van der Waals surface area contributed by atoms with E-state index in [4.69, 9.17) is 28.2 Å². The number of hydrogen-bond acceptors (Lipinski definition) is 3. The van der Waals surface area contributed by atoms with Crippen LogP contribution in [0.3, 0.4) is 0 Å². The van der Waals surface area contributed by atoms with Gasteiger partial charge in [-0.25, -0.2) is 4.98 Å². The van der Waals surface area contributed by atoms with Crippen molar-refractivity contribution in [3.8, 4) is 11.3 Å². The van der Waals surface area contributed by atoms with Gasteiger partial charge in [0.15, 0.2) is 0 Å². The van der Waals surface area contributed by atoms with Gasteiger partial charge in [0.2, 0.25) is 0 Å². The Morgan fingerprint density at radius 1 is 1.32 bits per heavy atom. The molecule has 0 spiro atoms. The zero-order chi connectivity index (χ0) is 13.2. The van der Waals surface area contributed by atoms with E-state index in [0.29, 0.717) is 16.1 Å². The second-order valence-electron chi connectivity index (χ2n) is 4.75. The molecular formula is C14H14Cl2N2S. The number of thiazole rings is 1. The lowest BCUT2D eigenvalue weighted by Crippen LogP contribution is -2.23. The van der Waals surface area contributed by atoms with E-state index < -0.39 is 0 Å². The highest BCUT2D eigenvalue weighted by Crippen LogP contribution is 2.29. The number of rotatable bonds is 3. The van der Waals surface area contributed by atoms with Crippen LogP contribution >= 0.6 is 34.5 Å². The van der Waals surface area contributed by atoms with E-state index in [9.17, 15) is 0 Å². The Morgan fingerprint density at radius 2 is 2.21 bits per heavy atom. The molecule has 19 heavy (non-hydrogen) atoms. The molecule has 1 N–H and O–H groups in total. The first-order valence-corrected chi connectivity index (χ1v) is 7.99. The molecule has 0 radical (unpaired) electrons. The van der Waals surface area contributed by atoms with Crippen molar-refractivity contribution in [1.29, 1.82) is 0 Å². The number of nitrogens with one attached hydrogen (secondary N) is 1. The highest BCUT2D eigenvalue weighted by molar-refractivity contribution is 7.09. The average molecular weight is 313 g/mol. The summed E-state index contributed by atoms with van der Waals surface area (Å²) in [6.45, 7) is 1.13. The maximum Gasteiger partial charge on any atom is 0.0948 e. The SMILES string of the molecule is Clc1ccc(-c2csc(CC3CCCN3)n2)cc1Cl. The Kier molecular flexibility index (Phi) is 4.08. The quantitative estimate of drug-likeness (QED) is 0.908. The van der Waals surface area contributed by atoms with Crippen LogP contribution in [0, 0.1) is 0 Å². The largest absolute Gasteiger partial charge is 0.314 e. The van der Waals surface area contributed by atoms with Gasteiger partial charge >= 0.3 is 0 Å². The first-order chi connectivity index (χ1) is 9.22. The van der Waals surface area contributed by atoms with Crippen molar-refractivity contribution in [3.63, 3.8) is 0 Å². The Balaban J connectivity index is 1.78. The smallest absolute Gasteiger partial charge is 0.0948 e. The number of hydrogen-bond donors (Lipinski definition) is 1. The van der Waals surface area contributed by atoms with Gasteiger partial charge in [-0.15, -0.1) is 11.3 Å². The molecule has 100 valence electrons. The Labute approximate surface area is 126 Å². The van der Waals surface area contributed by atoms with Gasteiger partial charge in [-0.05, 0) is 31.5 Å². The zero-order valence-corrected chi connectivity index (χ0v) is 12.7. The Bertz CT molecular complexity index is 577. The molecule has 1 saturated heterocycles. The molecule has 1 aliphatic heterocycles. The molecule has 2 aromatic rings. The summed E-state index contributed by atoms with van der Waals surface area (Å²) in [6, 6.07) is 6.24. The lowest BCUT2D eigenvalue weighted by atomic mass is 10.1. The van der Waals surface area contributed by atoms with Crippen molar-refractivity contribution in [2.24, 2.45) is 0 Å². The topological polar surface area (TPSA) is 24.9 Å². The third-order valence-electron chi connectivity index (χ3n) is 3.35. The summed E-state index contributed by atoms with van der Waals surface area (Å²) in [7, 11) is 0. The van der Waals surface area contributed by atoms with Crippen LogP contribution in [0.2, 0.25) is 10.0 Å². The molecular weight excluding hydrogens is 299 g/mol. The van der Waals surface area contributed by atoms with E-state index >= 15 is 0 Å². The van der Waals surface area contributed by atoms with Crippen molar-refractivity contribution in [3.05, 3.63) is 38.6 Å². The van der Waals surface area contributed by atoms with Gasteiger partial charge in [0.25, 0.3) is 0 Å². The van der Waals surface area contributed by atoms with E-state index in [1.54, 1.807) is 11.3 Å². The summed E-state index contributed by atoms with van der Waals surface area (Å²) in [4.78, 5) is 4.69. The van der Waals surface area contributed by atoms with Crippen LogP contribution < -0.4 is 5.32 Å². The first-order valence-electron chi connectivity index (χ1n) is 6.35. The average Bonchev–Trinajstić information content (AvgIpc) is 3.05. The van der Waals surface area contributed by atoms with Crippen molar-refractivity contribution >= 4 is 34.5 Å². The molecule has 0 aliphatic carbocycles. The normalized spacial score (nSPS) is 18.9. The molecule has 1 aromatic carbocycles. The van der Waals surface area contributed by atoms with Crippen LogP contribution in [0.1, 0.15) is 17.8 Å². The van der Waals surface area contributed by atoms with Crippen molar-refractivity contribution in [1.82, 2.24) is 10.3 Å². The summed E-state index contributed by atoms with van der Waals surface area (Å²) in [5.41, 5.74) is 2.01. The van der Waals surface area contributed by atoms with Crippen molar-refractivity contribution in [2.45, 2.75) is 25.3 Å². The number of nitrogens with zero attached hydrogens (tertiary/aromatic N) is 1. The van der Waals surface area contributed by atoms with Crippen LogP contribution in [0.15, 0.2) is 23.6 Å². The van der Waals surface area contributed by atoms with Crippen LogP contribution in [-0.2, 0) is 6.42 Å². The minimum atomic E-state index is 0.575. The Hall–Kier alpha value is -0.610. The minimum Gasteiger partial charge on any atom is -0.314 e. The van der Waals surface area contributed by atoms with Gasteiger partial charge in [0, 0.05) is 23.4 Å². The molecule has 0 bridgehead atoms. The minimum absolute atomic E-state index is 0.575. The van der Waals surface area contributed by atoms with E-state index in [-0.39, 0.29) is 0 Å². The molecule has 1 fully saturated rings. The fourth-order valence-corrected chi connectivity index (χ4v) is 3.52. The van der Waals surface area contributed by atoms with E-state index in [2.05, 4.69) is 10.7 Å². The third kappa shape index (κ3) is 3.11. The summed E-state index contributed by atoms with van der Waals surface area (Å²) in [6.07, 6.45) is 3.55. The third-order valence-corrected chi connectivity index (χ3v) is 4.96. The van der Waals surface area contributed by atoms with Crippen molar-refractivity contribution in [2.75, 3.05) is 6.54 Å². The molecule has 0 saturated carbocycles. The summed E-state index contributed by atoms with van der Waals surface area (Å²) in [5.74, 6) is 0. The fourth-order valence-electron chi connectivity index (χ4n) is 2.33.